The van der Waals surface area contributed by atoms with Crippen LogP contribution in [0.5, 0.6) is 0 Å². The van der Waals surface area contributed by atoms with Gasteiger partial charge in [0.1, 0.15) is 23.4 Å². The topological polar surface area (TPSA) is 210 Å². The number of fused-ring (bicyclic) bond motifs is 3. The van der Waals surface area contributed by atoms with E-state index in [-0.39, 0.29) is 47.6 Å². The lowest BCUT2D eigenvalue weighted by molar-refractivity contribution is -0.127. The van der Waals surface area contributed by atoms with E-state index in [1.165, 1.54) is 6.33 Å². The molecule has 6 heterocycles. The number of nitrogens with zero attached hydrogens (tertiary/aromatic N) is 8. The van der Waals surface area contributed by atoms with Gasteiger partial charge in [-0.05, 0) is 69.5 Å². The van der Waals surface area contributed by atoms with Crippen LogP contribution in [0.15, 0.2) is 47.2 Å². The van der Waals surface area contributed by atoms with Gasteiger partial charge < -0.3 is 30.6 Å². The van der Waals surface area contributed by atoms with Gasteiger partial charge in [0.05, 0.1) is 23.5 Å². The number of carbonyl (C=O) groups excluding carboxylic acids is 4. The zero-order chi connectivity index (χ0) is 39.3. The van der Waals surface area contributed by atoms with Crippen molar-refractivity contribution in [3.8, 4) is 0 Å². The lowest BCUT2D eigenvalue weighted by Crippen LogP contribution is -2.46. The minimum Gasteiger partial charge on any atom is -0.423 e. The predicted octanol–water partition coefficient (Wildman–Crippen LogP) is 3.51. The number of likely N-dealkylation sites (tertiary alicyclic amines) is 1. The van der Waals surface area contributed by atoms with Crippen LogP contribution in [0.25, 0.3) is 22.1 Å². The molecule has 4 fully saturated rings. The van der Waals surface area contributed by atoms with E-state index in [1.54, 1.807) is 22.9 Å². The number of nitrogen functional groups attached to an aromatic ring is 1. The van der Waals surface area contributed by atoms with Gasteiger partial charge in [-0.1, -0.05) is 24.6 Å². The number of Topliss-reactive ketones (excluding diaryl/α,β-unsaturated/α-hetero) is 1. The van der Waals surface area contributed by atoms with E-state index < -0.39 is 5.91 Å². The molecule has 4 amide bonds. The molecule has 5 N–H and O–H groups in total. The summed E-state index contributed by atoms with van der Waals surface area (Å²) in [6, 6.07) is 7.56. The van der Waals surface area contributed by atoms with Crippen molar-refractivity contribution in [2.24, 2.45) is 5.92 Å². The number of nitrogens with one attached hydrogen (secondary N) is 3. The monoisotopic (exact) mass is 780 g/mol. The number of ketones is 1. The number of benzene rings is 1. The molecule has 0 unspecified atom stereocenters. The molecule has 4 aromatic rings. The zero-order valence-corrected chi connectivity index (χ0v) is 32.3. The van der Waals surface area contributed by atoms with E-state index in [4.69, 9.17) is 10.2 Å². The van der Waals surface area contributed by atoms with Gasteiger partial charge >= 0.3 is 12.0 Å². The summed E-state index contributed by atoms with van der Waals surface area (Å²) in [5.74, 6) is 0.401. The van der Waals surface area contributed by atoms with E-state index in [9.17, 15) is 19.2 Å². The summed E-state index contributed by atoms with van der Waals surface area (Å²) in [7, 11) is 0. The highest BCUT2D eigenvalue weighted by Crippen LogP contribution is 2.33. The Morgan fingerprint density at radius 3 is 2.65 bits per heavy atom. The highest BCUT2D eigenvalue weighted by Gasteiger charge is 2.41. The smallest absolute Gasteiger partial charge is 0.315 e. The molecule has 3 aliphatic heterocycles. The maximum absolute atomic E-state index is 13.5. The molecule has 1 aromatic carbocycles. The van der Waals surface area contributed by atoms with Crippen molar-refractivity contribution in [1.82, 2.24) is 50.1 Å². The molecule has 1 saturated carbocycles. The first-order valence-electron chi connectivity index (χ1n) is 20.4. The average Bonchev–Trinajstić information content (AvgIpc) is 4.00. The molecule has 0 radical (unpaired) electrons. The summed E-state index contributed by atoms with van der Waals surface area (Å²) < 4.78 is 7.37. The second kappa shape index (κ2) is 17.4. The number of anilines is 2. The average molecular weight is 781 g/mol. The quantitative estimate of drug-likeness (QED) is 0.101. The van der Waals surface area contributed by atoms with Gasteiger partial charge in [0, 0.05) is 64.7 Å². The number of piperazine rings is 1. The fraction of sp³-hybridized carbons (Fsp3) is 0.550. The van der Waals surface area contributed by atoms with Gasteiger partial charge in [-0.15, -0.1) is 0 Å². The number of aromatic nitrogens is 5. The van der Waals surface area contributed by atoms with Crippen molar-refractivity contribution < 1.29 is 23.6 Å². The first-order valence-corrected chi connectivity index (χ1v) is 20.4. The molecular weight excluding hydrogens is 729 g/mol. The fourth-order valence-corrected chi connectivity index (χ4v) is 8.95. The number of para-hydroxylation sites is 2. The Balaban J connectivity index is 0.755. The molecule has 17 nitrogen and oxygen atoms in total. The molecule has 17 heteroatoms. The molecule has 0 bridgehead atoms. The van der Waals surface area contributed by atoms with Crippen LogP contribution in [0.1, 0.15) is 80.7 Å². The molecule has 1 aliphatic carbocycles. The largest absolute Gasteiger partial charge is 0.423 e. The van der Waals surface area contributed by atoms with Crippen molar-refractivity contribution in [1.29, 1.82) is 0 Å². The van der Waals surface area contributed by atoms with Crippen molar-refractivity contribution in [2.75, 3.05) is 63.4 Å². The third-order valence-corrected chi connectivity index (χ3v) is 12.0. The van der Waals surface area contributed by atoms with Gasteiger partial charge in [0.25, 0.3) is 5.91 Å². The summed E-state index contributed by atoms with van der Waals surface area (Å²) >= 11 is 0. The second-order valence-corrected chi connectivity index (χ2v) is 15.8. The van der Waals surface area contributed by atoms with Crippen LogP contribution in [0, 0.1) is 5.92 Å². The standard InChI is InChI=1S/C40H52N12O5/c41-36-33-35(38(55)47-40-45-29-12-3-4-13-31(29)57-40)48-52(37(33)43-25-42-36)27-9-5-19-51(24-27)32(54)14-7-18-50-22-20-49(21-23-50)17-6-11-28(53)10-2-1-8-26-15-16-30-34(26)46-39(56)44-30/h3-4,7,12-14,25-27,30,34H,1-2,5-6,8-11,15-24H2,(H2,41,42,43)(H2,44,46,56)(H,45,47,55)/b14-7+/t26-,27-,30+,34-/m1/s1. The molecule has 57 heavy (non-hydrogen) atoms. The summed E-state index contributed by atoms with van der Waals surface area (Å²) in [5.41, 5.74) is 7.89. The number of rotatable bonds is 15. The van der Waals surface area contributed by atoms with Crippen LogP contribution in [-0.4, -0.2) is 128 Å². The van der Waals surface area contributed by atoms with Crippen molar-refractivity contribution in [3.63, 3.8) is 0 Å². The van der Waals surface area contributed by atoms with E-state index >= 15 is 0 Å². The maximum atomic E-state index is 13.5. The van der Waals surface area contributed by atoms with E-state index in [1.807, 2.05) is 23.1 Å². The van der Waals surface area contributed by atoms with Crippen LogP contribution < -0.4 is 21.7 Å². The zero-order valence-electron chi connectivity index (χ0n) is 32.3. The highest BCUT2D eigenvalue weighted by molar-refractivity contribution is 6.12. The van der Waals surface area contributed by atoms with E-state index in [0.717, 1.165) is 84.1 Å². The van der Waals surface area contributed by atoms with Crippen molar-refractivity contribution in [3.05, 3.63) is 48.4 Å². The number of hydrogen-bond acceptors (Lipinski definition) is 12. The lowest BCUT2D eigenvalue weighted by atomic mass is 9.95. The third-order valence-electron chi connectivity index (χ3n) is 12.0. The molecule has 3 saturated heterocycles. The SMILES string of the molecule is Nc1ncnc2c1c(C(=O)Nc1nc3ccccc3o1)nn2[C@@H]1CCCN(C(=O)/C=C/CN2CCN(CCCC(=O)CCCC[C@@H]3CC[C@@H]4NC(=O)N[C@H]34)CC2)C1. The van der Waals surface area contributed by atoms with Crippen LogP contribution in [0.3, 0.4) is 0 Å². The van der Waals surface area contributed by atoms with Crippen LogP contribution in [0.2, 0.25) is 0 Å². The Kier molecular flexibility index (Phi) is 11.7. The summed E-state index contributed by atoms with van der Waals surface area (Å²) in [6.07, 6.45) is 13.9. The van der Waals surface area contributed by atoms with Gasteiger partial charge in [-0.25, -0.2) is 19.4 Å². The third kappa shape index (κ3) is 8.94. The lowest BCUT2D eigenvalue weighted by Gasteiger charge is -2.34. The first-order chi connectivity index (χ1) is 27.8. The first kappa shape index (κ1) is 38.5. The predicted molar refractivity (Wildman–Crippen MR) is 213 cm³/mol. The van der Waals surface area contributed by atoms with Gasteiger partial charge in [0.15, 0.2) is 16.9 Å². The number of piperidine rings is 1. The van der Waals surface area contributed by atoms with Crippen molar-refractivity contribution in [2.45, 2.75) is 82.3 Å². The molecule has 302 valence electrons. The van der Waals surface area contributed by atoms with Crippen molar-refractivity contribution >= 4 is 57.6 Å². The molecule has 4 atom stereocenters. The number of unbranched alkanes of at least 4 members (excludes halogenated alkanes) is 1. The number of carbonyl (C=O) groups is 4. The number of hydrogen-bond donors (Lipinski definition) is 4. The Labute approximate surface area is 330 Å². The van der Waals surface area contributed by atoms with Crippen LogP contribution >= 0.6 is 0 Å². The Morgan fingerprint density at radius 1 is 0.965 bits per heavy atom. The Hall–Kier alpha value is -5.42. The minimum absolute atomic E-state index is 0.0380. The molecule has 8 rings (SSSR count). The Morgan fingerprint density at radius 2 is 1.79 bits per heavy atom. The molecule has 3 aromatic heterocycles. The number of amides is 4. The number of urea groups is 1. The number of nitrogens with two attached hydrogens (primary N) is 1. The van der Waals surface area contributed by atoms with E-state index in [2.05, 4.69) is 45.8 Å². The molecular formula is C40H52N12O5. The van der Waals surface area contributed by atoms with Crippen LogP contribution in [0.4, 0.5) is 16.6 Å². The summed E-state index contributed by atoms with van der Waals surface area (Å²) in [4.78, 5) is 70.4. The van der Waals surface area contributed by atoms with E-state index in [0.29, 0.717) is 66.3 Å². The van der Waals surface area contributed by atoms with Crippen LogP contribution in [-0.2, 0) is 9.59 Å². The molecule has 4 aliphatic rings. The second-order valence-electron chi connectivity index (χ2n) is 15.8. The highest BCUT2D eigenvalue weighted by atomic mass is 16.4. The maximum Gasteiger partial charge on any atom is 0.315 e. The summed E-state index contributed by atoms with van der Waals surface area (Å²) in [5, 5.41) is 13.8. The molecule has 0 spiro atoms. The number of oxazole rings is 1. The van der Waals surface area contributed by atoms with Gasteiger partial charge in [-0.2, -0.15) is 10.1 Å². The fourth-order valence-electron chi connectivity index (χ4n) is 8.95. The minimum atomic E-state index is -0.551. The van der Waals surface area contributed by atoms with Gasteiger partial charge in [0.2, 0.25) is 5.91 Å². The van der Waals surface area contributed by atoms with Gasteiger partial charge in [-0.3, -0.25) is 24.6 Å². The normalized spacial score (nSPS) is 22.9. The summed E-state index contributed by atoms with van der Waals surface area (Å²) in [6.45, 7) is 6.38. The Bertz CT molecular complexity index is 2090.